The molecule has 7 heteroatoms. The van der Waals surface area contributed by atoms with Crippen molar-refractivity contribution >= 4 is 15.9 Å². The summed E-state index contributed by atoms with van der Waals surface area (Å²) in [5.74, 6) is 0.410. The number of nitrogens with zero attached hydrogens (tertiary/aromatic N) is 3. The van der Waals surface area contributed by atoms with Crippen LogP contribution in [0.1, 0.15) is 35.7 Å². The Morgan fingerprint density at radius 2 is 1.71 bits per heavy atom. The van der Waals surface area contributed by atoms with Crippen LogP contribution in [0.3, 0.4) is 0 Å². The summed E-state index contributed by atoms with van der Waals surface area (Å²) in [5, 5.41) is 0. The van der Waals surface area contributed by atoms with Crippen molar-refractivity contribution in [1.82, 2.24) is 14.1 Å². The van der Waals surface area contributed by atoms with Crippen molar-refractivity contribution in [3.05, 3.63) is 65.7 Å². The van der Waals surface area contributed by atoms with E-state index in [4.69, 9.17) is 0 Å². The van der Waals surface area contributed by atoms with Crippen molar-refractivity contribution in [2.45, 2.75) is 31.2 Å². The van der Waals surface area contributed by atoms with Gasteiger partial charge in [0.2, 0.25) is 10.0 Å². The lowest BCUT2D eigenvalue weighted by atomic mass is 9.99. The molecule has 2 aromatic carbocycles. The second-order valence-electron chi connectivity index (χ2n) is 8.69. The summed E-state index contributed by atoms with van der Waals surface area (Å²) in [6, 6.07) is 16.8. The lowest BCUT2D eigenvalue weighted by Crippen LogP contribution is -2.48. The molecule has 0 aromatic heterocycles. The first-order valence-electron chi connectivity index (χ1n) is 11.1. The van der Waals surface area contributed by atoms with E-state index in [2.05, 4.69) is 24.0 Å². The van der Waals surface area contributed by atoms with Gasteiger partial charge in [0.05, 0.1) is 4.90 Å². The minimum absolute atomic E-state index is 0.0729. The van der Waals surface area contributed by atoms with Crippen LogP contribution in [0.5, 0.6) is 0 Å². The van der Waals surface area contributed by atoms with Gasteiger partial charge in [0.15, 0.2) is 0 Å². The maximum Gasteiger partial charge on any atom is 0.253 e. The SMILES string of the molecule is CC1CCCN(C(=O)c2cccc(S(=O)(=O)N3CCN(Cc4ccccc4)CC3)c2)C1. The quantitative estimate of drug-likeness (QED) is 0.716. The maximum atomic E-state index is 13.2. The zero-order valence-electron chi connectivity index (χ0n) is 18.1. The summed E-state index contributed by atoms with van der Waals surface area (Å²) in [7, 11) is -3.62. The van der Waals surface area contributed by atoms with E-state index in [1.165, 1.54) is 5.56 Å². The summed E-state index contributed by atoms with van der Waals surface area (Å²) < 4.78 is 28.0. The van der Waals surface area contributed by atoms with E-state index in [0.29, 0.717) is 37.7 Å². The number of hydrogen-bond acceptors (Lipinski definition) is 4. The predicted octanol–water partition coefficient (Wildman–Crippen LogP) is 3.07. The van der Waals surface area contributed by atoms with Gasteiger partial charge in [0.25, 0.3) is 5.91 Å². The average molecular weight is 442 g/mol. The fraction of sp³-hybridized carbons (Fsp3) is 0.458. The van der Waals surface area contributed by atoms with E-state index in [0.717, 1.165) is 32.5 Å². The third-order valence-corrected chi connectivity index (χ3v) is 8.14. The van der Waals surface area contributed by atoms with Crippen molar-refractivity contribution in [1.29, 1.82) is 0 Å². The van der Waals surface area contributed by atoms with Crippen LogP contribution in [-0.2, 0) is 16.6 Å². The molecule has 2 heterocycles. The van der Waals surface area contributed by atoms with Crippen LogP contribution < -0.4 is 0 Å². The summed E-state index contributed by atoms with van der Waals surface area (Å²) in [6.07, 6.45) is 2.13. The van der Waals surface area contributed by atoms with Crippen molar-refractivity contribution in [3.63, 3.8) is 0 Å². The van der Waals surface area contributed by atoms with Gasteiger partial charge in [0.1, 0.15) is 0 Å². The minimum atomic E-state index is -3.62. The molecule has 4 rings (SSSR count). The summed E-state index contributed by atoms with van der Waals surface area (Å²) in [4.78, 5) is 17.3. The van der Waals surface area contributed by atoms with Crippen LogP contribution in [0.25, 0.3) is 0 Å². The zero-order chi connectivity index (χ0) is 21.8. The number of piperidine rings is 1. The van der Waals surface area contributed by atoms with Gasteiger partial charge in [0, 0.05) is 51.4 Å². The number of benzene rings is 2. The van der Waals surface area contributed by atoms with Gasteiger partial charge >= 0.3 is 0 Å². The standard InChI is InChI=1S/C24H31N3O3S/c1-20-7-6-12-26(18-20)24(28)22-10-5-11-23(17-22)31(29,30)27-15-13-25(14-16-27)19-21-8-3-2-4-9-21/h2-5,8-11,17,20H,6-7,12-16,18-19H2,1H3. The van der Waals surface area contributed by atoms with Crippen LogP contribution in [0.15, 0.2) is 59.5 Å². The fourth-order valence-corrected chi connectivity index (χ4v) is 5.93. The average Bonchev–Trinajstić information content (AvgIpc) is 2.80. The molecule has 1 amide bonds. The highest BCUT2D eigenvalue weighted by Crippen LogP contribution is 2.22. The van der Waals surface area contributed by atoms with Crippen LogP contribution >= 0.6 is 0 Å². The van der Waals surface area contributed by atoms with Crippen LogP contribution in [-0.4, -0.2) is 67.7 Å². The highest BCUT2D eigenvalue weighted by molar-refractivity contribution is 7.89. The molecule has 0 radical (unpaired) electrons. The summed E-state index contributed by atoms with van der Waals surface area (Å²) in [6.45, 7) is 6.75. The molecule has 31 heavy (non-hydrogen) atoms. The third-order valence-electron chi connectivity index (χ3n) is 6.24. The van der Waals surface area contributed by atoms with E-state index in [-0.39, 0.29) is 10.8 Å². The number of amides is 1. The van der Waals surface area contributed by atoms with Gasteiger partial charge in [-0.3, -0.25) is 9.69 Å². The molecule has 2 aliphatic heterocycles. The number of sulfonamides is 1. The molecule has 0 bridgehead atoms. The monoisotopic (exact) mass is 441 g/mol. The van der Waals surface area contributed by atoms with Crippen molar-refractivity contribution in [3.8, 4) is 0 Å². The summed E-state index contributed by atoms with van der Waals surface area (Å²) in [5.41, 5.74) is 1.69. The molecule has 166 valence electrons. The predicted molar refractivity (Wildman–Crippen MR) is 121 cm³/mol. The molecule has 2 aromatic rings. The molecule has 2 saturated heterocycles. The first-order chi connectivity index (χ1) is 14.9. The molecule has 1 unspecified atom stereocenters. The van der Waals surface area contributed by atoms with Gasteiger partial charge in [-0.05, 0) is 42.5 Å². The van der Waals surface area contributed by atoms with Gasteiger partial charge in [-0.1, -0.05) is 43.3 Å². The molecule has 2 aliphatic rings. The maximum absolute atomic E-state index is 13.2. The normalized spacial score (nSPS) is 21.2. The Bertz CT molecular complexity index is 1000. The largest absolute Gasteiger partial charge is 0.338 e. The Labute approximate surface area is 185 Å². The molecule has 0 spiro atoms. The fourth-order valence-electron chi connectivity index (χ4n) is 4.46. The highest BCUT2D eigenvalue weighted by Gasteiger charge is 2.30. The molecule has 2 fully saturated rings. The topological polar surface area (TPSA) is 60.9 Å². The Morgan fingerprint density at radius 1 is 0.968 bits per heavy atom. The molecule has 0 aliphatic carbocycles. The smallest absolute Gasteiger partial charge is 0.253 e. The second kappa shape index (κ2) is 9.51. The minimum Gasteiger partial charge on any atom is -0.338 e. The third kappa shape index (κ3) is 5.17. The van der Waals surface area contributed by atoms with E-state index in [9.17, 15) is 13.2 Å². The number of hydrogen-bond donors (Lipinski definition) is 0. The van der Waals surface area contributed by atoms with E-state index in [1.54, 1.807) is 28.6 Å². The van der Waals surface area contributed by atoms with Crippen molar-refractivity contribution in [2.75, 3.05) is 39.3 Å². The van der Waals surface area contributed by atoms with Gasteiger partial charge < -0.3 is 4.90 Å². The number of likely N-dealkylation sites (tertiary alicyclic amines) is 1. The highest BCUT2D eigenvalue weighted by atomic mass is 32.2. The van der Waals surface area contributed by atoms with E-state index < -0.39 is 10.0 Å². The van der Waals surface area contributed by atoms with Gasteiger partial charge in [-0.15, -0.1) is 0 Å². The second-order valence-corrected chi connectivity index (χ2v) is 10.6. The van der Waals surface area contributed by atoms with Crippen LogP contribution in [0, 0.1) is 5.92 Å². The Hall–Kier alpha value is -2.22. The van der Waals surface area contributed by atoms with Gasteiger partial charge in [-0.2, -0.15) is 4.31 Å². The molecular formula is C24H31N3O3S. The van der Waals surface area contributed by atoms with E-state index >= 15 is 0 Å². The lowest BCUT2D eigenvalue weighted by Gasteiger charge is -2.34. The number of piperazine rings is 1. The van der Waals surface area contributed by atoms with Gasteiger partial charge in [-0.25, -0.2) is 8.42 Å². The molecule has 0 N–H and O–H groups in total. The Morgan fingerprint density at radius 3 is 2.42 bits per heavy atom. The first-order valence-corrected chi connectivity index (χ1v) is 12.5. The number of carbonyl (C=O) groups excluding carboxylic acids is 1. The number of rotatable bonds is 5. The van der Waals surface area contributed by atoms with Crippen LogP contribution in [0.2, 0.25) is 0 Å². The number of carbonyl (C=O) groups is 1. The van der Waals surface area contributed by atoms with Crippen molar-refractivity contribution < 1.29 is 13.2 Å². The Balaban J connectivity index is 1.42. The van der Waals surface area contributed by atoms with E-state index in [1.807, 2.05) is 23.1 Å². The molecule has 1 atom stereocenters. The Kier molecular flexibility index (Phi) is 6.74. The first kappa shape index (κ1) is 22.0. The van der Waals surface area contributed by atoms with Crippen LogP contribution in [0.4, 0.5) is 0 Å². The lowest BCUT2D eigenvalue weighted by molar-refractivity contribution is 0.0683. The molecular weight excluding hydrogens is 410 g/mol. The zero-order valence-corrected chi connectivity index (χ0v) is 18.9. The summed E-state index contributed by atoms with van der Waals surface area (Å²) >= 11 is 0. The molecule has 6 nitrogen and oxygen atoms in total. The molecule has 0 saturated carbocycles. The van der Waals surface area contributed by atoms with Crippen molar-refractivity contribution in [2.24, 2.45) is 5.92 Å².